The fraction of sp³-hybridized carbons (Fsp3) is 0.571. The molecule has 1 unspecified atom stereocenters. The number of hydrogen-bond donors (Lipinski definition) is 3. The predicted molar refractivity (Wildman–Crippen MR) is 124 cm³/mol. The van der Waals surface area contributed by atoms with Gasteiger partial charge in [-0.2, -0.15) is 4.31 Å². The molecule has 0 radical (unpaired) electrons. The van der Waals surface area contributed by atoms with E-state index in [-0.39, 0.29) is 27.9 Å². The molecule has 1 aromatic carbocycles. The molecule has 0 bridgehead atoms. The van der Waals surface area contributed by atoms with Crippen LogP contribution in [0, 0.1) is 5.92 Å². The van der Waals surface area contributed by atoms with E-state index in [1.54, 1.807) is 0 Å². The van der Waals surface area contributed by atoms with E-state index in [1.165, 1.54) is 22.5 Å². The van der Waals surface area contributed by atoms with E-state index < -0.39 is 40.6 Å². The molecule has 1 heterocycles. The molecule has 4 N–H and O–H groups in total. The van der Waals surface area contributed by atoms with Crippen LogP contribution in [0.5, 0.6) is 0 Å². The number of nitrogens with zero attached hydrogens (tertiary/aromatic N) is 1. The van der Waals surface area contributed by atoms with Crippen LogP contribution in [0.1, 0.15) is 46.0 Å². The topological polar surface area (TPSA) is 148 Å². The zero-order chi connectivity index (χ0) is 24.6. The molecule has 2 rings (SSSR count). The highest BCUT2D eigenvalue weighted by atomic mass is 35.5. The number of primary amides is 1. The van der Waals surface area contributed by atoms with Gasteiger partial charge in [-0.1, -0.05) is 38.3 Å². The Labute approximate surface area is 199 Å². The summed E-state index contributed by atoms with van der Waals surface area (Å²) >= 11 is 6.14. The summed E-state index contributed by atoms with van der Waals surface area (Å²) in [5.74, 6) is -1.45. The first-order chi connectivity index (χ1) is 15.5. The zero-order valence-corrected chi connectivity index (χ0v) is 20.4. The number of amides is 3. The van der Waals surface area contributed by atoms with Crippen LogP contribution in [0.2, 0.25) is 5.02 Å². The van der Waals surface area contributed by atoms with Gasteiger partial charge in [-0.25, -0.2) is 18.0 Å². The number of anilines is 1. The second-order valence-electron chi connectivity index (χ2n) is 8.31. The summed E-state index contributed by atoms with van der Waals surface area (Å²) < 4.78 is 32.5. The summed E-state index contributed by atoms with van der Waals surface area (Å²) in [6.07, 6.45) is 3.85. The number of carbonyl (C=O) groups excluding carboxylic acids is 3. The molecule has 12 heteroatoms. The van der Waals surface area contributed by atoms with Crippen LogP contribution >= 0.6 is 11.6 Å². The molecular formula is C21H31ClN4O6S. The normalized spacial score (nSPS) is 16.0. The largest absolute Gasteiger partial charge is 0.454 e. The maximum atomic E-state index is 13.0. The maximum Gasteiger partial charge on any atom is 0.329 e. The van der Waals surface area contributed by atoms with Crippen LogP contribution in [0.25, 0.3) is 0 Å². The molecule has 0 aliphatic carbocycles. The minimum atomic E-state index is -3.73. The Morgan fingerprint density at radius 1 is 1.15 bits per heavy atom. The Bertz CT molecular complexity index is 962. The van der Waals surface area contributed by atoms with Crippen molar-refractivity contribution in [1.29, 1.82) is 0 Å². The van der Waals surface area contributed by atoms with Crippen LogP contribution in [0.15, 0.2) is 23.1 Å². The Morgan fingerprint density at radius 3 is 2.36 bits per heavy atom. The van der Waals surface area contributed by atoms with E-state index >= 15 is 0 Å². The molecule has 10 nitrogen and oxygen atoms in total. The number of hydrogen-bond acceptors (Lipinski definition) is 6. The Hall–Kier alpha value is -2.37. The van der Waals surface area contributed by atoms with Crippen molar-refractivity contribution >= 4 is 45.2 Å². The number of sulfonamides is 1. The number of esters is 1. The van der Waals surface area contributed by atoms with E-state index in [4.69, 9.17) is 22.1 Å². The van der Waals surface area contributed by atoms with Crippen molar-refractivity contribution in [2.75, 3.05) is 25.0 Å². The molecule has 1 fully saturated rings. The van der Waals surface area contributed by atoms with E-state index in [0.29, 0.717) is 13.1 Å². The molecule has 3 amide bonds. The van der Waals surface area contributed by atoms with E-state index in [9.17, 15) is 22.8 Å². The van der Waals surface area contributed by atoms with Crippen molar-refractivity contribution in [3.63, 3.8) is 0 Å². The summed E-state index contributed by atoms with van der Waals surface area (Å²) in [5, 5.41) is 4.90. The van der Waals surface area contributed by atoms with Gasteiger partial charge in [0, 0.05) is 13.1 Å². The number of nitrogens with one attached hydrogen (secondary N) is 2. The summed E-state index contributed by atoms with van der Waals surface area (Å²) in [5.41, 5.74) is 5.17. The van der Waals surface area contributed by atoms with E-state index in [0.717, 1.165) is 25.7 Å². The molecule has 0 saturated carbocycles. The molecule has 1 atom stereocenters. The molecule has 0 aromatic heterocycles. The van der Waals surface area contributed by atoms with Gasteiger partial charge in [0.15, 0.2) is 6.61 Å². The van der Waals surface area contributed by atoms with Gasteiger partial charge in [0.25, 0.3) is 5.91 Å². The van der Waals surface area contributed by atoms with Gasteiger partial charge >= 0.3 is 12.0 Å². The highest BCUT2D eigenvalue weighted by Crippen LogP contribution is 2.28. The molecule has 1 saturated heterocycles. The maximum absolute atomic E-state index is 13.0. The van der Waals surface area contributed by atoms with Gasteiger partial charge in [-0.15, -0.1) is 0 Å². The monoisotopic (exact) mass is 502 g/mol. The first-order valence-corrected chi connectivity index (χ1v) is 12.6. The molecule has 1 aliphatic rings. The van der Waals surface area contributed by atoms with E-state index in [2.05, 4.69) is 10.6 Å². The minimum Gasteiger partial charge on any atom is -0.454 e. The second kappa shape index (κ2) is 12.2. The number of carbonyl (C=O) groups is 3. The first kappa shape index (κ1) is 26.9. The molecule has 184 valence electrons. The van der Waals surface area contributed by atoms with Gasteiger partial charge in [-0.3, -0.25) is 4.79 Å². The van der Waals surface area contributed by atoms with Gasteiger partial charge in [0.2, 0.25) is 10.0 Å². The summed E-state index contributed by atoms with van der Waals surface area (Å²) in [7, 11) is -3.73. The Morgan fingerprint density at radius 2 is 1.79 bits per heavy atom. The number of nitrogens with two attached hydrogens (primary N) is 1. The smallest absolute Gasteiger partial charge is 0.329 e. The van der Waals surface area contributed by atoms with E-state index in [1.807, 2.05) is 13.8 Å². The van der Waals surface area contributed by atoms with Crippen LogP contribution in [-0.2, 0) is 24.3 Å². The van der Waals surface area contributed by atoms with Crippen LogP contribution in [0.4, 0.5) is 10.5 Å². The van der Waals surface area contributed by atoms with Gasteiger partial charge in [-0.05, 0) is 43.4 Å². The Balaban J connectivity index is 2.05. The average Bonchev–Trinajstić information content (AvgIpc) is 3.02. The average molecular weight is 503 g/mol. The van der Waals surface area contributed by atoms with Crippen molar-refractivity contribution in [3.8, 4) is 0 Å². The first-order valence-electron chi connectivity index (χ1n) is 10.8. The minimum absolute atomic E-state index is 0.0174. The highest BCUT2D eigenvalue weighted by molar-refractivity contribution is 7.89. The molecule has 1 aromatic rings. The van der Waals surface area contributed by atoms with Crippen molar-refractivity contribution in [3.05, 3.63) is 23.2 Å². The van der Waals surface area contributed by atoms with Crippen molar-refractivity contribution in [2.45, 2.75) is 56.9 Å². The zero-order valence-electron chi connectivity index (χ0n) is 18.8. The molecule has 0 spiro atoms. The fourth-order valence-electron chi connectivity index (χ4n) is 3.47. The van der Waals surface area contributed by atoms with Crippen LogP contribution in [-0.4, -0.2) is 56.4 Å². The SMILES string of the molecule is CC(C)CC(NC(N)=O)C(=O)OCC(=O)Nc1cc(S(=O)(=O)N2CCCCCC2)ccc1Cl. The standard InChI is InChI=1S/C21H31ClN4O6S/c1-14(2)11-18(25-21(23)29)20(28)32-13-19(27)24-17-12-15(7-8-16(17)22)33(30,31)26-9-5-3-4-6-10-26/h7-8,12,14,18H,3-6,9-11,13H2,1-2H3,(H,24,27)(H3,23,25,29). The highest BCUT2D eigenvalue weighted by Gasteiger charge is 2.27. The molecule has 33 heavy (non-hydrogen) atoms. The summed E-state index contributed by atoms with van der Waals surface area (Å²) in [4.78, 5) is 35.7. The third-order valence-corrected chi connectivity index (χ3v) is 7.29. The lowest BCUT2D eigenvalue weighted by Gasteiger charge is -2.20. The van der Waals surface area contributed by atoms with Gasteiger partial charge in [0.1, 0.15) is 6.04 Å². The third-order valence-electron chi connectivity index (χ3n) is 5.07. The quantitative estimate of drug-likeness (QED) is 0.442. The lowest BCUT2D eigenvalue weighted by molar-refractivity contribution is -0.149. The summed E-state index contributed by atoms with van der Waals surface area (Å²) in [6, 6.07) is 2.21. The number of halogens is 1. The van der Waals surface area contributed by atoms with Crippen molar-refractivity contribution in [1.82, 2.24) is 9.62 Å². The Kier molecular flexibility index (Phi) is 9.93. The molecular weight excluding hydrogens is 472 g/mol. The van der Waals surface area contributed by atoms with Gasteiger partial charge in [0.05, 0.1) is 15.6 Å². The van der Waals surface area contributed by atoms with Crippen LogP contribution in [0.3, 0.4) is 0 Å². The number of benzene rings is 1. The number of ether oxygens (including phenoxy) is 1. The number of urea groups is 1. The summed E-state index contributed by atoms with van der Waals surface area (Å²) in [6.45, 7) is 3.95. The molecule has 1 aliphatic heterocycles. The van der Waals surface area contributed by atoms with Crippen molar-refractivity contribution < 1.29 is 27.5 Å². The van der Waals surface area contributed by atoms with Crippen molar-refractivity contribution in [2.24, 2.45) is 11.7 Å². The number of rotatable bonds is 9. The predicted octanol–water partition coefficient (Wildman–Crippen LogP) is 2.47. The van der Waals surface area contributed by atoms with Gasteiger partial charge < -0.3 is 21.1 Å². The fourth-order valence-corrected chi connectivity index (χ4v) is 5.18. The lowest BCUT2D eigenvalue weighted by atomic mass is 10.0. The van der Waals surface area contributed by atoms with Crippen LogP contribution < -0.4 is 16.4 Å². The lowest BCUT2D eigenvalue weighted by Crippen LogP contribution is -2.45. The third kappa shape index (κ3) is 8.17. The second-order valence-corrected chi connectivity index (χ2v) is 10.7.